The third-order valence-electron chi connectivity index (χ3n) is 5.86. The van der Waals surface area contributed by atoms with E-state index in [4.69, 9.17) is 9.47 Å². The van der Waals surface area contributed by atoms with Crippen molar-refractivity contribution in [3.05, 3.63) is 100 Å². The summed E-state index contributed by atoms with van der Waals surface area (Å²) in [6, 6.07) is 23.5. The first kappa shape index (κ1) is 25.4. The van der Waals surface area contributed by atoms with E-state index in [1.807, 2.05) is 60.7 Å². The molecule has 1 aliphatic rings. The number of hydrogen-bond donors (Lipinski definition) is 1. The average Bonchev–Trinajstić information content (AvgIpc) is 2.90. The number of halogens is 1. The lowest BCUT2D eigenvalue weighted by Crippen LogP contribution is -2.57. The minimum Gasteiger partial charge on any atom is -0.492 e. The molecule has 186 valence electrons. The van der Waals surface area contributed by atoms with Crippen molar-refractivity contribution in [3.63, 3.8) is 0 Å². The Morgan fingerprint density at radius 1 is 0.972 bits per heavy atom. The number of amides is 2. The highest BCUT2D eigenvalue weighted by atomic mass is 79.9. The van der Waals surface area contributed by atoms with Crippen LogP contribution in [0.4, 0.5) is 0 Å². The van der Waals surface area contributed by atoms with Crippen LogP contribution in [-0.4, -0.2) is 48.4 Å². The lowest BCUT2D eigenvalue weighted by molar-refractivity contribution is -0.148. The van der Waals surface area contributed by atoms with Gasteiger partial charge in [0.25, 0.3) is 5.91 Å². The molecule has 7 nitrogen and oxygen atoms in total. The Kier molecular flexibility index (Phi) is 8.73. The van der Waals surface area contributed by atoms with Gasteiger partial charge in [0.1, 0.15) is 18.4 Å². The lowest BCUT2D eigenvalue weighted by atomic mass is 10.1. The molecule has 8 heteroatoms. The van der Waals surface area contributed by atoms with Crippen LogP contribution in [0.1, 0.15) is 27.9 Å². The van der Waals surface area contributed by atoms with Crippen LogP contribution in [0.15, 0.2) is 83.3 Å². The average molecular weight is 551 g/mol. The summed E-state index contributed by atoms with van der Waals surface area (Å²) in [7, 11) is 0. The second kappa shape index (κ2) is 12.4. The first-order valence-corrected chi connectivity index (χ1v) is 12.5. The predicted molar refractivity (Wildman–Crippen MR) is 138 cm³/mol. The third kappa shape index (κ3) is 6.73. The molecule has 1 N–H and O–H groups in total. The van der Waals surface area contributed by atoms with Crippen molar-refractivity contribution >= 4 is 33.7 Å². The Balaban J connectivity index is 1.45. The van der Waals surface area contributed by atoms with Gasteiger partial charge in [0.15, 0.2) is 0 Å². The zero-order valence-corrected chi connectivity index (χ0v) is 21.3. The summed E-state index contributed by atoms with van der Waals surface area (Å²) < 4.78 is 12.0. The third-order valence-corrected chi connectivity index (χ3v) is 6.35. The van der Waals surface area contributed by atoms with Crippen LogP contribution in [0.3, 0.4) is 0 Å². The number of hydrogen-bond acceptors (Lipinski definition) is 5. The van der Waals surface area contributed by atoms with Gasteiger partial charge in [-0.25, -0.2) is 0 Å². The minimum atomic E-state index is -0.967. The summed E-state index contributed by atoms with van der Waals surface area (Å²) in [4.78, 5) is 40.3. The Morgan fingerprint density at radius 3 is 2.39 bits per heavy atom. The van der Waals surface area contributed by atoms with Crippen molar-refractivity contribution in [2.24, 2.45) is 0 Å². The maximum absolute atomic E-state index is 13.6. The first-order valence-electron chi connectivity index (χ1n) is 11.8. The largest absolute Gasteiger partial charge is 0.492 e. The molecule has 1 fully saturated rings. The standard InChI is InChI=1S/C28H27BrN2O5/c29-22-11-12-25(35-16-13-20-7-3-1-4-8-20)23(17-22)28(34)31-15-14-30-27(33)24(31)18-26(32)36-19-21-9-5-2-6-10-21/h1-12,17,24H,13-16,18-19H2,(H,30,33). The SMILES string of the molecule is O=C(CC1C(=O)NCCN1C(=O)c1cc(Br)ccc1OCCc1ccccc1)OCc1ccccc1. The molecule has 0 saturated carbocycles. The van der Waals surface area contributed by atoms with Gasteiger partial charge in [-0.05, 0) is 29.3 Å². The van der Waals surface area contributed by atoms with E-state index in [0.717, 1.165) is 11.1 Å². The van der Waals surface area contributed by atoms with Gasteiger partial charge in [0.05, 0.1) is 18.6 Å². The van der Waals surface area contributed by atoms with E-state index in [0.29, 0.717) is 35.4 Å². The van der Waals surface area contributed by atoms with Crippen LogP contribution in [0, 0.1) is 0 Å². The fourth-order valence-corrected chi connectivity index (χ4v) is 4.35. The Hall–Kier alpha value is -3.65. The normalized spacial score (nSPS) is 15.2. The molecule has 1 heterocycles. The second-order valence-electron chi connectivity index (χ2n) is 8.38. The fourth-order valence-electron chi connectivity index (χ4n) is 3.99. The highest BCUT2D eigenvalue weighted by molar-refractivity contribution is 9.10. The summed E-state index contributed by atoms with van der Waals surface area (Å²) in [6.07, 6.45) is 0.454. The molecule has 1 saturated heterocycles. The van der Waals surface area contributed by atoms with Gasteiger partial charge in [-0.1, -0.05) is 76.6 Å². The molecular weight excluding hydrogens is 524 g/mol. The van der Waals surface area contributed by atoms with Gasteiger partial charge in [-0.3, -0.25) is 14.4 Å². The maximum atomic E-state index is 13.6. The highest BCUT2D eigenvalue weighted by Crippen LogP contribution is 2.27. The zero-order chi connectivity index (χ0) is 25.3. The molecule has 36 heavy (non-hydrogen) atoms. The topological polar surface area (TPSA) is 84.9 Å². The van der Waals surface area contributed by atoms with Gasteiger partial charge in [-0.2, -0.15) is 0 Å². The molecule has 1 aliphatic heterocycles. The first-order chi connectivity index (χ1) is 17.5. The molecule has 0 aromatic heterocycles. The number of ether oxygens (including phenoxy) is 2. The number of rotatable bonds is 9. The van der Waals surface area contributed by atoms with Crippen molar-refractivity contribution in [1.29, 1.82) is 0 Å². The van der Waals surface area contributed by atoms with Crippen molar-refractivity contribution in [2.45, 2.75) is 25.5 Å². The number of esters is 1. The van der Waals surface area contributed by atoms with E-state index in [1.54, 1.807) is 18.2 Å². The summed E-state index contributed by atoms with van der Waals surface area (Å²) >= 11 is 3.42. The second-order valence-corrected chi connectivity index (χ2v) is 9.30. The van der Waals surface area contributed by atoms with Gasteiger partial charge >= 0.3 is 5.97 Å². The lowest BCUT2D eigenvalue weighted by Gasteiger charge is -2.35. The van der Waals surface area contributed by atoms with Gasteiger partial charge in [0, 0.05) is 24.0 Å². The van der Waals surface area contributed by atoms with E-state index < -0.39 is 12.0 Å². The summed E-state index contributed by atoms with van der Waals surface area (Å²) in [6.45, 7) is 1.07. The van der Waals surface area contributed by atoms with Crippen LogP contribution in [0.2, 0.25) is 0 Å². The Labute approximate surface area is 218 Å². The fraction of sp³-hybridized carbons (Fsp3) is 0.250. The highest BCUT2D eigenvalue weighted by Gasteiger charge is 2.36. The molecule has 0 aliphatic carbocycles. The Bertz CT molecular complexity index is 1200. The van der Waals surface area contributed by atoms with Gasteiger partial charge < -0.3 is 19.7 Å². The number of carbonyl (C=O) groups excluding carboxylic acids is 3. The van der Waals surface area contributed by atoms with Gasteiger partial charge in [0.2, 0.25) is 5.91 Å². The molecular formula is C28H27BrN2O5. The predicted octanol–water partition coefficient (Wildman–Crippen LogP) is 4.14. The number of benzene rings is 3. The smallest absolute Gasteiger partial charge is 0.308 e. The number of nitrogens with zero attached hydrogens (tertiary/aromatic N) is 1. The summed E-state index contributed by atoms with van der Waals surface area (Å²) in [5, 5.41) is 2.74. The van der Waals surface area contributed by atoms with Crippen molar-refractivity contribution in [2.75, 3.05) is 19.7 Å². The monoisotopic (exact) mass is 550 g/mol. The Morgan fingerprint density at radius 2 is 1.67 bits per heavy atom. The zero-order valence-electron chi connectivity index (χ0n) is 19.7. The molecule has 0 bridgehead atoms. The molecule has 3 aromatic carbocycles. The van der Waals surface area contributed by atoms with E-state index >= 15 is 0 Å². The molecule has 1 atom stereocenters. The number of piperazine rings is 1. The molecule has 0 radical (unpaired) electrons. The number of carbonyl (C=O) groups is 3. The van der Waals surface area contributed by atoms with Crippen LogP contribution < -0.4 is 10.1 Å². The molecule has 2 amide bonds. The van der Waals surface area contributed by atoms with Crippen molar-refractivity contribution in [1.82, 2.24) is 10.2 Å². The van der Waals surface area contributed by atoms with Gasteiger partial charge in [-0.15, -0.1) is 0 Å². The van der Waals surface area contributed by atoms with Crippen molar-refractivity contribution < 1.29 is 23.9 Å². The van der Waals surface area contributed by atoms with Crippen LogP contribution in [0.25, 0.3) is 0 Å². The van der Waals surface area contributed by atoms with E-state index in [9.17, 15) is 14.4 Å². The van der Waals surface area contributed by atoms with Crippen molar-refractivity contribution in [3.8, 4) is 5.75 Å². The van der Waals surface area contributed by atoms with E-state index in [2.05, 4.69) is 21.2 Å². The van der Waals surface area contributed by atoms with Crippen LogP contribution >= 0.6 is 15.9 Å². The maximum Gasteiger partial charge on any atom is 0.308 e. The molecule has 3 aromatic rings. The molecule has 1 unspecified atom stereocenters. The summed E-state index contributed by atoms with van der Waals surface area (Å²) in [5.74, 6) is -0.877. The minimum absolute atomic E-state index is 0.104. The molecule has 4 rings (SSSR count). The summed E-state index contributed by atoms with van der Waals surface area (Å²) in [5.41, 5.74) is 2.30. The molecule has 0 spiro atoms. The quantitative estimate of drug-likeness (QED) is 0.404. The van der Waals surface area contributed by atoms with E-state index in [1.165, 1.54) is 4.90 Å². The number of nitrogens with one attached hydrogen (secondary N) is 1. The van der Waals surface area contributed by atoms with Crippen LogP contribution in [-0.2, 0) is 27.4 Å². The van der Waals surface area contributed by atoms with Crippen LogP contribution in [0.5, 0.6) is 5.75 Å². The van der Waals surface area contributed by atoms with E-state index in [-0.39, 0.29) is 31.4 Å².